The van der Waals surface area contributed by atoms with E-state index in [4.69, 9.17) is 14.5 Å². The second kappa shape index (κ2) is 10.9. The molecule has 5 heterocycles. The summed E-state index contributed by atoms with van der Waals surface area (Å²) in [5, 5.41) is 3.99. The van der Waals surface area contributed by atoms with Gasteiger partial charge in [0.05, 0.1) is 24.2 Å². The Balaban J connectivity index is 1.30. The van der Waals surface area contributed by atoms with Crippen molar-refractivity contribution < 1.29 is 35.9 Å². The summed E-state index contributed by atoms with van der Waals surface area (Å²) < 4.78 is 80.8. The van der Waals surface area contributed by atoms with Gasteiger partial charge < -0.3 is 14.4 Å². The minimum atomic E-state index is -4.34. The van der Waals surface area contributed by atoms with Crippen LogP contribution in [0.15, 0.2) is 47.6 Å². The van der Waals surface area contributed by atoms with Gasteiger partial charge in [-0.2, -0.15) is 26.6 Å². The van der Waals surface area contributed by atoms with Gasteiger partial charge in [0.2, 0.25) is 11.8 Å². The summed E-state index contributed by atoms with van der Waals surface area (Å²) in [5.74, 6) is 0.301. The molecule has 15 heteroatoms. The van der Waals surface area contributed by atoms with Gasteiger partial charge >= 0.3 is 6.18 Å². The highest BCUT2D eigenvalue weighted by Crippen LogP contribution is 2.59. The maximum absolute atomic E-state index is 13.5. The van der Waals surface area contributed by atoms with Crippen molar-refractivity contribution in [1.29, 1.82) is 0 Å². The number of ether oxygens (including phenoxy) is 2. The maximum atomic E-state index is 13.5. The van der Waals surface area contributed by atoms with Gasteiger partial charge in [0.1, 0.15) is 5.82 Å². The van der Waals surface area contributed by atoms with E-state index in [9.17, 15) is 26.4 Å². The van der Waals surface area contributed by atoms with E-state index in [1.807, 2.05) is 18.7 Å². The van der Waals surface area contributed by atoms with Crippen molar-refractivity contribution >= 4 is 21.7 Å². The van der Waals surface area contributed by atoms with E-state index in [0.29, 0.717) is 19.0 Å². The van der Waals surface area contributed by atoms with E-state index >= 15 is 0 Å². The number of carbonyl (C=O) groups excluding carboxylic acids is 1. The van der Waals surface area contributed by atoms with Crippen LogP contribution in [0.25, 0.3) is 5.82 Å². The van der Waals surface area contributed by atoms with Gasteiger partial charge in [0.25, 0.3) is 15.9 Å². The highest BCUT2D eigenvalue weighted by atomic mass is 32.2. The smallest absolute Gasteiger partial charge is 0.394 e. The Morgan fingerprint density at radius 2 is 1.93 bits per heavy atom. The number of alkyl halides is 3. The average molecular weight is 635 g/mol. The first-order chi connectivity index (χ1) is 20.8. The molecular weight excluding hydrogens is 601 g/mol. The van der Waals surface area contributed by atoms with Gasteiger partial charge in [-0.1, -0.05) is 6.07 Å². The Morgan fingerprint density at radius 1 is 1.14 bits per heavy atom. The van der Waals surface area contributed by atoms with Gasteiger partial charge in [-0.3, -0.25) is 4.79 Å². The van der Waals surface area contributed by atoms with Crippen molar-refractivity contribution in [3.63, 3.8) is 0 Å². The van der Waals surface area contributed by atoms with Crippen LogP contribution in [-0.2, 0) is 10.0 Å². The number of carbonyl (C=O) groups is 1. The van der Waals surface area contributed by atoms with Gasteiger partial charge in [-0.15, -0.1) is 5.10 Å². The summed E-state index contributed by atoms with van der Waals surface area (Å²) in [4.78, 5) is 24.4. The molecule has 44 heavy (non-hydrogen) atoms. The first-order valence-corrected chi connectivity index (χ1v) is 16.0. The normalized spacial score (nSPS) is 22.2. The van der Waals surface area contributed by atoms with Crippen LogP contribution in [0, 0.1) is 11.3 Å². The fourth-order valence-electron chi connectivity index (χ4n) is 5.99. The Morgan fingerprint density at radius 3 is 2.68 bits per heavy atom. The van der Waals surface area contributed by atoms with Crippen molar-refractivity contribution in [3.05, 3.63) is 48.2 Å². The van der Waals surface area contributed by atoms with Gasteiger partial charge in [-0.25, -0.2) is 14.4 Å². The van der Waals surface area contributed by atoms with Crippen molar-refractivity contribution in [3.8, 4) is 17.6 Å². The number of aromatic nitrogens is 4. The number of fused-ring (bicyclic) bond motifs is 6. The third kappa shape index (κ3) is 5.93. The zero-order chi connectivity index (χ0) is 31.3. The lowest BCUT2D eigenvalue weighted by molar-refractivity contribution is -0.190. The number of anilines is 1. The Labute approximate surface area is 252 Å². The number of hydrogen-bond acceptors (Lipinski definition) is 9. The third-order valence-corrected chi connectivity index (χ3v) is 9.84. The first-order valence-electron chi connectivity index (χ1n) is 14.5. The number of halogens is 3. The zero-order valence-electron chi connectivity index (χ0n) is 24.3. The zero-order valence-corrected chi connectivity index (χ0v) is 25.1. The molecule has 11 nitrogen and oxygen atoms in total. The summed E-state index contributed by atoms with van der Waals surface area (Å²) in [6.45, 7) is 4.90. The number of hydrogen-bond donors (Lipinski definition) is 1. The van der Waals surface area contributed by atoms with Crippen molar-refractivity contribution in [2.75, 3.05) is 24.7 Å². The Bertz CT molecular complexity index is 1670. The van der Waals surface area contributed by atoms with Crippen LogP contribution in [-0.4, -0.2) is 65.5 Å². The van der Waals surface area contributed by atoms with Crippen LogP contribution >= 0.6 is 0 Å². The fraction of sp³-hybridized carbons (Fsp3) is 0.517. The largest absolute Gasteiger partial charge is 0.478 e. The van der Waals surface area contributed by atoms with Crippen molar-refractivity contribution in [2.24, 2.45) is 11.3 Å². The van der Waals surface area contributed by atoms with E-state index in [0.717, 1.165) is 19.3 Å². The third-order valence-electron chi connectivity index (χ3n) is 8.61. The van der Waals surface area contributed by atoms with Crippen LogP contribution in [0.1, 0.15) is 62.7 Å². The van der Waals surface area contributed by atoms with Gasteiger partial charge in [0, 0.05) is 30.4 Å². The molecular formula is C29H33F3N6O5S. The minimum absolute atomic E-state index is 0.0545. The number of sulfonamides is 1. The van der Waals surface area contributed by atoms with Crippen LogP contribution in [0.5, 0.6) is 11.8 Å². The lowest BCUT2D eigenvalue weighted by atomic mass is 9.93. The van der Waals surface area contributed by atoms with Gasteiger partial charge in [-0.05, 0) is 76.5 Å². The SMILES string of the molecule is CC1(C)C[C@H]2CCCOc3cccc(n3)S(=O)(=O)NC(=O)c3ccc(-n4ccc(OCCC5(C(F)(F)F)CC5)n4)nc3N1C2. The molecule has 3 aliphatic rings. The maximum Gasteiger partial charge on any atom is 0.394 e. The molecule has 1 saturated carbocycles. The molecule has 4 bridgehead atoms. The van der Waals surface area contributed by atoms with E-state index in [1.165, 1.54) is 35.0 Å². The molecule has 0 unspecified atom stereocenters. The monoisotopic (exact) mass is 634 g/mol. The van der Waals surface area contributed by atoms with E-state index in [1.54, 1.807) is 12.3 Å². The number of amides is 1. The van der Waals surface area contributed by atoms with E-state index in [2.05, 4.69) is 14.8 Å². The average Bonchev–Trinajstić information content (AvgIpc) is 3.51. The summed E-state index contributed by atoms with van der Waals surface area (Å²) in [6, 6.07) is 8.88. The van der Waals surface area contributed by atoms with Crippen LogP contribution in [0.4, 0.5) is 19.0 Å². The predicted molar refractivity (Wildman–Crippen MR) is 152 cm³/mol. The molecule has 3 aromatic heterocycles. The number of rotatable bonds is 5. The molecule has 6 rings (SSSR count). The highest BCUT2D eigenvalue weighted by Gasteiger charge is 2.62. The van der Waals surface area contributed by atoms with Crippen LogP contribution < -0.4 is 19.1 Å². The molecule has 1 aliphatic carbocycles. The molecule has 3 aromatic rings. The summed E-state index contributed by atoms with van der Waals surface area (Å²) in [5.41, 5.74) is -2.03. The number of nitrogens with zero attached hydrogens (tertiary/aromatic N) is 5. The molecule has 1 saturated heterocycles. The summed E-state index contributed by atoms with van der Waals surface area (Å²) in [7, 11) is -4.34. The summed E-state index contributed by atoms with van der Waals surface area (Å²) >= 11 is 0. The molecule has 2 aliphatic heterocycles. The Hall–Kier alpha value is -3.88. The van der Waals surface area contributed by atoms with E-state index in [-0.39, 0.29) is 60.0 Å². The van der Waals surface area contributed by atoms with Crippen LogP contribution in [0.3, 0.4) is 0 Å². The second-order valence-electron chi connectivity index (χ2n) is 12.2. The molecule has 1 atom stereocenters. The van der Waals surface area contributed by atoms with Crippen LogP contribution in [0.2, 0.25) is 0 Å². The standard InChI is InChI=1S/C29H33F3N6O5S/c1-27(2)17-19-5-4-15-42-22-6-3-7-24(34-22)44(40,41)36-26(39)20-8-9-21(33-25(20)37(27)18-19)38-14-10-23(35-38)43-16-13-28(11-12-28)29(30,31)32/h3,6-10,14,19H,4-5,11-13,15-18H2,1-2H3,(H,36,39)/t19-/m1/s1. The van der Waals surface area contributed by atoms with Crippen molar-refractivity contribution in [2.45, 2.75) is 69.1 Å². The molecule has 2 fully saturated rings. The summed E-state index contributed by atoms with van der Waals surface area (Å²) in [6.07, 6.45) is -0.246. The highest BCUT2D eigenvalue weighted by molar-refractivity contribution is 7.90. The molecule has 0 spiro atoms. The predicted octanol–water partition coefficient (Wildman–Crippen LogP) is 4.67. The van der Waals surface area contributed by atoms with Crippen molar-refractivity contribution in [1.82, 2.24) is 24.5 Å². The Kier molecular flexibility index (Phi) is 7.49. The quantitative estimate of drug-likeness (QED) is 0.426. The lowest BCUT2D eigenvalue weighted by Crippen LogP contribution is -2.41. The molecule has 236 valence electrons. The number of nitrogens with one attached hydrogen (secondary N) is 1. The fourth-order valence-corrected chi connectivity index (χ4v) is 6.92. The first kappa shape index (κ1) is 30.2. The van der Waals surface area contributed by atoms with Gasteiger partial charge in [0.15, 0.2) is 10.8 Å². The number of pyridine rings is 2. The topological polar surface area (TPSA) is 129 Å². The molecule has 0 aromatic carbocycles. The molecule has 1 amide bonds. The lowest BCUT2D eigenvalue weighted by Gasteiger charge is -2.34. The second-order valence-corrected chi connectivity index (χ2v) is 13.9. The minimum Gasteiger partial charge on any atom is -0.478 e. The van der Waals surface area contributed by atoms with E-state index < -0.39 is 33.1 Å². The molecule has 1 N–H and O–H groups in total. The molecule has 0 radical (unpaired) electrons.